The first kappa shape index (κ1) is 10.2. The van der Waals surface area contributed by atoms with Crippen LogP contribution in [0.4, 0.5) is 0 Å². The van der Waals surface area contributed by atoms with Gasteiger partial charge in [-0.3, -0.25) is 9.36 Å². The molecule has 0 unspecified atom stereocenters. The maximum Gasteiger partial charge on any atom is 0.261 e. The molecule has 0 aliphatic carbocycles. The van der Waals surface area contributed by atoms with Crippen molar-refractivity contribution in [3.8, 4) is 0 Å². The highest BCUT2D eigenvalue weighted by Crippen LogP contribution is 2.09. The number of benzene rings is 1. The molecule has 2 aromatic rings. The fourth-order valence-corrected chi connectivity index (χ4v) is 1.71. The lowest BCUT2D eigenvalue weighted by Crippen LogP contribution is -2.09. The Morgan fingerprint density at radius 3 is 2.53 bits per heavy atom. The van der Waals surface area contributed by atoms with Crippen molar-refractivity contribution in [3.63, 3.8) is 0 Å². The van der Waals surface area contributed by atoms with E-state index in [0.717, 1.165) is 10.9 Å². The molecule has 1 aromatic carbocycles. The van der Waals surface area contributed by atoms with E-state index in [4.69, 9.17) is 0 Å². The Bertz CT molecular complexity index is 461. The van der Waals surface area contributed by atoms with Crippen molar-refractivity contribution in [2.24, 2.45) is 0 Å². The van der Waals surface area contributed by atoms with Gasteiger partial charge in [-0.25, -0.2) is 0 Å². The van der Waals surface area contributed by atoms with E-state index < -0.39 is 0 Å². The molecule has 2 rings (SSSR count). The topological polar surface area (TPSA) is 22.0 Å². The molecular weight excluding hydrogens is 254 g/mol. The number of rotatable bonds is 2. The molecule has 0 saturated heterocycles. The number of aromatic nitrogens is 1. The van der Waals surface area contributed by atoms with Crippen LogP contribution in [0, 0.1) is 0 Å². The Labute approximate surface area is 96.7 Å². The maximum absolute atomic E-state index is 11.9. The van der Waals surface area contributed by atoms with Crippen LogP contribution in [-0.2, 0) is 5.33 Å². The molecule has 2 nitrogen and oxygen atoms in total. The Morgan fingerprint density at radius 1 is 1.20 bits per heavy atom. The van der Waals surface area contributed by atoms with Gasteiger partial charge in [-0.2, -0.15) is 0 Å². The van der Waals surface area contributed by atoms with Crippen LogP contribution in [-0.4, -0.2) is 10.5 Å². The van der Waals surface area contributed by atoms with Crippen LogP contribution in [0.5, 0.6) is 0 Å². The minimum Gasteiger partial charge on any atom is -0.290 e. The molecule has 76 valence electrons. The van der Waals surface area contributed by atoms with Gasteiger partial charge in [-0.05, 0) is 23.8 Å². The summed E-state index contributed by atoms with van der Waals surface area (Å²) >= 11 is 3.35. The van der Waals surface area contributed by atoms with E-state index in [1.54, 1.807) is 10.8 Å². The van der Waals surface area contributed by atoms with Crippen LogP contribution in [0.25, 0.3) is 0 Å². The van der Waals surface area contributed by atoms with Crippen molar-refractivity contribution in [1.29, 1.82) is 0 Å². The smallest absolute Gasteiger partial charge is 0.261 e. The first-order chi connectivity index (χ1) is 7.31. The first-order valence-corrected chi connectivity index (χ1v) is 5.76. The number of hydrogen-bond acceptors (Lipinski definition) is 1. The lowest BCUT2D eigenvalue weighted by atomic mass is 10.2. The van der Waals surface area contributed by atoms with Crippen LogP contribution in [0.2, 0.25) is 0 Å². The summed E-state index contributed by atoms with van der Waals surface area (Å²) in [6, 6.07) is 11.2. The summed E-state index contributed by atoms with van der Waals surface area (Å²) in [5.41, 5.74) is 1.80. The van der Waals surface area contributed by atoms with Gasteiger partial charge >= 0.3 is 0 Å². The summed E-state index contributed by atoms with van der Waals surface area (Å²) in [4.78, 5) is 11.9. The molecule has 3 heteroatoms. The van der Waals surface area contributed by atoms with Crippen LogP contribution in [0.1, 0.15) is 15.9 Å². The minimum absolute atomic E-state index is 0.00259. The molecule has 0 aliphatic rings. The molecule has 0 aliphatic heterocycles. The number of alkyl halides is 1. The molecular formula is C12H10BrNO. The SMILES string of the molecule is O=C(c1ccccc1)n1ccc(CBr)c1. The summed E-state index contributed by atoms with van der Waals surface area (Å²) in [5.74, 6) is 0.00259. The fraction of sp³-hybridized carbons (Fsp3) is 0.0833. The molecule has 1 aromatic heterocycles. The van der Waals surface area contributed by atoms with Crippen molar-refractivity contribution < 1.29 is 4.79 Å². The van der Waals surface area contributed by atoms with Gasteiger partial charge in [-0.1, -0.05) is 34.1 Å². The average molecular weight is 264 g/mol. The van der Waals surface area contributed by atoms with Gasteiger partial charge in [0.05, 0.1) is 0 Å². The zero-order valence-electron chi connectivity index (χ0n) is 8.06. The quantitative estimate of drug-likeness (QED) is 0.764. The van der Waals surface area contributed by atoms with Gasteiger partial charge < -0.3 is 0 Å². The van der Waals surface area contributed by atoms with Gasteiger partial charge in [0.1, 0.15) is 0 Å². The Hall–Kier alpha value is -1.35. The third-order valence-corrected chi connectivity index (χ3v) is 2.81. The van der Waals surface area contributed by atoms with Gasteiger partial charge in [0.2, 0.25) is 0 Å². The van der Waals surface area contributed by atoms with Crippen molar-refractivity contribution in [2.45, 2.75) is 5.33 Å². The molecule has 0 saturated carbocycles. The second kappa shape index (κ2) is 4.45. The number of carbonyl (C=O) groups excluding carboxylic acids is 1. The fourth-order valence-electron chi connectivity index (χ4n) is 1.38. The average Bonchev–Trinajstić information content (AvgIpc) is 2.78. The second-order valence-corrected chi connectivity index (χ2v) is 3.79. The van der Waals surface area contributed by atoms with Crippen molar-refractivity contribution in [3.05, 3.63) is 59.9 Å². The Balaban J connectivity index is 2.29. The van der Waals surface area contributed by atoms with Crippen molar-refractivity contribution in [1.82, 2.24) is 4.57 Å². The zero-order chi connectivity index (χ0) is 10.7. The highest BCUT2D eigenvalue weighted by Gasteiger charge is 2.07. The molecule has 1 heterocycles. The highest BCUT2D eigenvalue weighted by molar-refractivity contribution is 9.08. The van der Waals surface area contributed by atoms with E-state index >= 15 is 0 Å². The monoisotopic (exact) mass is 263 g/mol. The number of halogens is 1. The van der Waals surface area contributed by atoms with E-state index in [1.807, 2.05) is 42.6 Å². The predicted molar refractivity (Wildman–Crippen MR) is 63.2 cm³/mol. The number of hydrogen-bond donors (Lipinski definition) is 0. The highest BCUT2D eigenvalue weighted by atomic mass is 79.9. The molecule has 0 atom stereocenters. The first-order valence-electron chi connectivity index (χ1n) is 4.64. The summed E-state index contributed by atoms with van der Waals surface area (Å²) in [6.45, 7) is 0. The lowest BCUT2D eigenvalue weighted by molar-refractivity contribution is 0.0960. The van der Waals surface area contributed by atoms with E-state index in [1.165, 1.54) is 0 Å². The molecule has 0 radical (unpaired) electrons. The minimum atomic E-state index is 0.00259. The normalized spacial score (nSPS) is 10.2. The maximum atomic E-state index is 11.9. The van der Waals surface area contributed by atoms with Crippen LogP contribution >= 0.6 is 15.9 Å². The zero-order valence-corrected chi connectivity index (χ0v) is 9.65. The largest absolute Gasteiger partial charge is 0.290 e. The van der Waals surface area contributed by atoms with Crippen LogP contribution < -0.4 is 0 Å². The summed E-state index contributed by atoms with van der Waals surface area (Å²) in [7, 11) is 0. The molecule has 15 heavy (non-hydrogen) atoms. The van der Waals surface area contributed by atoms with Crippen molar-refractivity contribution in [2.75, 3.05) is 0 Å². The van der Waals surface area contributed by atoms with Gasteiger partial charge in [0, 0.05) is 23.3 Å². The lowest BCUT2D eigenvalue weighted by Gasteiger charge is -2.00. The summed E-state index contributed by atoms with van der Waals surface area (Å²) in [5, 5.41) is 0.766. The Kier molecular flexibility index (Phi) is 3.02. The van der Waals surface area contributed by atoms with Gasteiger partial charge in [0.15, 0.2) is 0 Å². The molecule has 0 spiro atoms. The van der Waals surface area contributed by atoms with Crippen molar-refractivity contribution >= 4 is 21.8 Å². The standard InChI is InChI=1S/C12H10BrNO/c13-8-10-6-7-14(9-10)12(15)11-4-2-1-3-5-11/h1-7,9H,8H2. The predicted octanol–water partition coefficient (Wildman–Crippen LogP) is 3.07. The van der Waals surface area contributed by atoms with Crippen LogP contribution in [0.3, 0.4) is 0 Å². The summed E-state index contributed by atoms with van der Waals surface area (Å²) < 4.78 is 1.60. The molecule has 0 bridgehead atoms. The number of nitrogens with zero attached hydrogens (tertiary/aromatic N) is 1. The Morgan fingerprint density at radius 2 is 1.93 bits per heavy atom. The van der Waals surface area contributed by atoms with Crippen LogP contribution in [0.15, 0.2) is 48.8 Å². The third-order valence-electron chi connectivity index (χ3n) is 2.16. The molecule has 0 amide bonds. The van der Waals surface area contributed by atoms with Gasteiger partial charge in [0.25, 0.3) is 5.91 Å². The third kappa shape index (κ3) is 2.18. The molecule has 0 N–H and O–H groups in total. The van der Waals surface area contributed by atoms with Gasteiger partial charge in [-0.15, -0.1) is 0 Å². The van der Waals surface area contributed by atoms with E-state index in [2.05, 4.69) is 15.9 Å². The molecule has 0 fully saturated rings. The van der Waals surface area contributed by atoms with E-state index in [0.29, 0.717) is 5.56 Å². The van der Waals surface area contributed by atoms with E-state index in [9.17, 15) is 4.79 Å². The second-order valence-electron chi connectivity index (χ2n) is 3.23. The van der Waals surface area contributed by atoms with E-state index in [-0.39, 0.29) is 5.91 Å². The number of carbonyl (C=O) groups is 1. The summed E-state index contributed by atoms with van der Waals surface area (Å²) in [6.07, 6.45) is 3.62.